The molecule has 0 aliphatic carbocycles. The van der Waals surface area contributed by atoms with E-state index in [1.807, 2.05) is 26.0 Å². The zero-order valence-electron chi connectivity index (χ0n) is 14.4. The molecule has 0 aliphatic rings. The Kier molecular flexibility index (Phi) is 4.18. The second-order valence-corrected chi connectivity index (χ2v) is 5.97. The topological polar surface area (TPSA) is 98.8 Å². The first-order chi connectivity index (χ1) is 11.8. The summed E-state index contributed by atoms with van der Waals surface area (Å²) in [6.45, 7) is 7.30. The van der Waals surface area contributed by atoms with Crippen LogP contribution in [0.25, 0.3) is 5.82 Å². The van der Waals surface area contributed by atoms with E-state index in [0.717, 1.165) is 16.8 Å². The van der Waals surface area contributed by atoms with Crippen LogP contribution in [0.2, 0.25) is 0 Å². The van der Waals surface area contributed by atoms with Gasteiger partial charge in [0.2, 0.25) is 0 Å². The largest absolute Gasteiger partial charge is 0.339 e. The molecule has 8 nitrogen and oxygen atoms in total. The van der Waals surface area contributed by atoms with Crippen molar-refractivity contribution in [2.24, 2.45) is 0 Å². The van der Waals surface area contributed by atoms with Crippen molar-refractivity contribution in [2.75, 3.05) is 5.32 Å². The molecule has 0 aliphatic heterocycles. The fourth-order valence-electron chi connectivity index (χ4n) is 2.82. The van der Waals surface area contributed by atoms with Crippen LogP contribution in [0.15, 0.2) is 30.3 Å². The number of nitrogens with zero attached hydrogens (tertiary/aromatic N) is 5. The van der Waals surface area contributed by atoms with Crippen LogP contribution < -0.4 is 5.32 Å². The summed E-state index contributed by atoms with van der Waals surface area (Å²) in [5, 5.41) is 26.8. The average Bonchev–Trinajstić information content (AvgIpc) is 2.82. The number of aromatic nitrogens is 4. The highest BCUT2D eigenvalue weighted by Gasteiger charge is 2.23. The Hall–Kier alpha value is -3.29. The molecule has 8 heteroatoms. The third-order valence-electron chi connectivity index (χ3n) is 3.80. The molecule has 2 aromatic heterocycles. The lowest BCUT2D eigenvalue weighted by Gasteiger charge is -2.08. The van der Waals surface area contributed by atoms with Crippen molar-refractivity contribution in [1.82, 2.24) is 20.0 Å². The van der Waals surface area contributed by atoms with Crippen molar-refractivity contribution in [3.63, 3.8) is 0 Å². The van der Waals surface area contributed by atoms with E-state index in [4.69, 9.17) is 0 Å². The number of hydrogen-bond acceptors (Lipinski definition) is 6. The normalized spacial score (nSPS) is 10.7. The molecule has 2 heterocycles. The lowest BCUT2D eigenvalue weighted by Crippen LogP contribution is -2.05. The fraction of sp³-hybridized carbons (Fsp3) is 0.235. The summed E-state index contributed by atoms with van der Waals surface area (Å²) in [7, 11) is 0. The molecule has 1 aromatic carbocycles. The Labute approximate surface area is 144 Å². The van der Waals surface area contributed by atoms with E-state index in [1.165, 1.54) is 4.68 Å². The monoisotopic (exact) mass is 338 g/mol. The Bertz CT molecular complexity index is 926. The molecule has 0 fully saturated rings. The molecule has 25 heavy (non-hydrogen) atoms. The Morgan fingerprint density at radius 1 is 1.04 bits per heavy atom. The van der Waals surface area contributed by atoms with Crippen LogP contribution in [0.3, 0.4) is 0 Å². The summed E-state index contributed by atoms with van der Waals surface area (Å²) < 4.78 is 1.43. The van der Waals surface area contributed by atoms with Gasteiger partial charge in [-0.25, -0.2) is 4.68 Å². The number of nitrogens with one attached hydrogen (secondary N) is 1. The highest BCUT2D eigenvalue weighted by atomic mass is 16.6. The first-order valence-corrected chi connectivity index (χ1v) is 7.75. The minimum absolute atomic E-state index is 0.000706. The summed E-state index contributed by atoms with van der Waals surface area (Å²) >= 11 is 0. The molecule has 0 spiro atoms. The second kappa shape index (κ2) is 6.31. The first kappa shape index (κ1) is 16.6. The molecule has 0 atom stereocenters. The Morgan fingerprint density at radius 3 is 2.24 bits per heavy atom. The number of aryl methyl sites for hydroxylation is 3. The molecular formula is C17H18N6O2. The quantitative estimate of drug-likeness (QED) is 0.577. The third-order valence-corrected chi connectivity index (χ3v) is 3.80. The number of nitro groups is 1. The second-order valence-electron chi connectivity index (χ2n) is 5.97. The highest BCUT2D eigenvalue weighted by Crippen LogP contribution is 2.24. The van der Waals surface area contributed by atoms with E-state index in [2.05, 4.69) is 26.7 Å². The number of rotatable bonds is 4. The van der Waals surface area contributed by atoms with Crippen LogP contribution in [0.4, 0.5) is 17.2 Å². The van der Waals surface area contributed by atoms with Gasteiger partial charge in [-0.2, -0.15) is 5.10 Å². The summed E-state index contributed by atoms with van der Waals surface area (Å²) in [6.07, 6.45) is 0. The highest BCUT2D eigenvalue weighted by molar-refractivity contribution is 5.58. The maximum absolute atomic E-state index is 11.1. The van der Waals surface area contributed by atoms with Crippen LogP contribution in [-0.4, -0.2) is 24.9 Å². The van der Waals surface area contributed by atoms with Crippen LogP contribution >= 0.6 is 0 Å². The molecule has 0 radical (unpaired) electrons. The molecule has 128 valence electrons. The number of hydrogen-bond donors (Lipinski definition) is 1. The molecule has 0 unspecified atom stereocenters. The van der Waals surface area contributed by atoms with E-state index in [0.29, 0.717) is 23.0 Å². The van der Waals surface area contributed by atoms with Crippen molar-refractivity contribution in [3.05, 3.63) is 63.0 Å². The average molecular weight is 338 g/mol. The van der Waals surface area contributed by atoms with E-state index in [-0.39, 0.29) is 5.69 Å². The van der Waals surface area contributed by atoms with Gasteiger partial charge in [-0.3, -0.25) is 10.1 Å². The van der Waals surface area contributed by atoms with Crippen molar-refractivity contribution in [2.45, 2.75) is 27.7 Å². The smallest absolute Gasteiger partial charge is 0.313 e. The van der Waals surface area contributed by atoms with Gasteiger partial charge in [-0.1, -0.05) is 6.07 Å². The fourth-order valence-corrected chi connectivity index (χ4v) is 2.82. The van der Waals surface area contributed by atoms with E-state index in [9.17, 15) is 10.1 Å². The number of anilines is 2. The lowest BCUT2D eigenvalue weighted by atomic mass is 10.1. The zero-order valence-corrected chi connectivity index (χ0v) is 14.4. The van der Waals surface area contributed by atoms with Gasteiger partial charge >= 0.3 is 5.69 Å². The van der Waals surface area contributed by atoms with Crippen molar-refractivity contribution in [1.29, 1.82) is 0 Å². The number of benzene rings is 1. The summed E-state index contributed by atoms with van der Waals surface area (Å²) in [4.78, 5) is 10.7. The maximum atomic E-state index is 11.1. The minimum atomic E-state index is -0.433. The van der Waals surface area contributed by atoms with E-state index >= 15 is 0 Å². The lowest BCUT2D eigenvalue weighted by molar-refractivity contribution is -0.386. The van der Waals surface area contributed by atoms with Gasteiger partial charge in [-0.05, 0) is 63.1 Å². The molecule has 1 N–H and O–H groups in total. The van der Waals surface area contributed by atoms with Gasteiger partial charge < -0.3 is 5.32 Å². The van der Waals surface area contributed by atoms with Gasteiger partial charge in [0.25, 0.3) is 0 Å². The molecular weight excluding hydrogens is 320 g/mol. The SMILES string of the molecule is Cc1cc(C)cc(Nc2ccc(-n3nc(C)c([N+](=O)[O-])c3C)nn2)c1. The molecule has 0 saturated heterocycles. The molecule has 0 saturated carbocycles. The molecule has 3 aromatic rings. The van der Waals surface area contributed by atoms with E-state index < -0.39 is 4.92 Å². The van der Waals surface area contributed by atoms with Gasteiger partial charge in [0, 0.05) is 5.69 Å². The van der Waals surface area contributed by atoms with E-state index in [1.54, 1.807) is 26.0 Å². The maximum Gasteiger partial charge on any atom is 0.313 e. The van der Waals surface area contributed by atoms with Gasteiger partial charge in [0.05, 0.1) is 4.92 Å². The standard InChI is InChI=1S/C17H18N6O2/c1-10-7-11(2)9-14(8-10)18-15-5-6-16(20-19-15)22-13(4)17(23(24)25)12(3)21-22/h5-9H,1-4H3,(H,18,19). The third kappa shape index (κ3) is 3.32. The zero-order chi connectivity index (χ0) is 18.1. The van der Waals surface area contributed by atoms with Crippen LogP contribution in [-0.2, 0) is 0 Å². The summed E-state index contributed by atoms with van der Waals surface area (Å²) in [6, 6.07) is 9.62. The van der Waals surface area contributed by atoms with Crippen molar-refractivity contribution >= 4 is 17.2 Å². The predicted octanol–water partition coefficient (Wildman–Crippen LogP) is 3.55. The molecule has 0 bridgehead atoms. The van der Waals surface area contributed by atoms with Crippen molar-refractivity contribution < 1.29 is 4.92 Å². The summed E-state index contributed by atoms with van der Waals surface area (Å²) in [5.41, 5.74) is 4.01. The Balaban J connectivity index is 1.88. The van der Waals surface area contributed by atoms with Gasteiger partial charge in [0.1, 0.15) is 11.4 Å². The van der Waals surface area contributed by atoms with Crippen LogP contribution in [0.5, 0.6) is 0 Å². The minimum Gasteiger partial charge on any atom is -0.339 e. The van der Waals surface area contributed by atoms with Crippen LogP contribution in [0.1, 0.15) is 22.5 Å². The molecule has 0 amide bonds. The summed E-state index contributed by atoms with van der Waals surface area (Å²) in [5.74, 6) is 1.02. The Morgan fingerprint density at radius 2 is 1.72 bits per heavy atom. The molecule has 3 rings (SSSR count). The van der Waals surface area contributed by atoms with Crippen molar-refractivity contribution in [3.8, 4) is 5.82 Å². The van der Waals surface area contributed by atoms with Gasteiger partial charge in [-0.15, -0.1) is 10.2 Å². The first-order valence-electron chi connectivity index (χ1n) is 7.75. The predicted molar refractivity (Wildman–Crippen MR) is 94.5 cm³/mol. The van der Waals surface area contributed by atoms with Gasteiger partial charge in [0.15, 0.2) is 11.6 Å². The van der Waals surface area contributed by atoms with Crippen LogP contribution in [0, 0.1) is 37.8 Å².